The second-order valence-corrected chi connectivity index (χ2v) is 5.17. The SMILES string of the molecule is N#CC1CCN(c2ccnn3cc(-n4ccnc4)cc23)C1=O. The molecule has 4 rings (SSSR count). The quantitative estimate of drug-likeness (QED) is 0.715. The minimum Gasteiger partial charge on any atom is -0.309 e. The first-order chi connectivity index (χ1) is 10.8. The molecule has 1 amide bonds. The molecule has 3 aromatic rings. The Morgan fingerprint density at radius 3 is 3.00 bits per heavy atom. The van der Waals surface area contributed by atoms with Crippen LogP contribution in [0.2, 0.25) is 0 Å². The predicted molar refractivity (Wildman–Crippen MR) is 78.4 cm³/mol. The van der Waals surface area contributed by atoms with Crippen molar-refractivity contribution in [2.45, 2.75) is 6.42 Å². The summed E-state index contributed by atoms with van der Waals surface area (Å²) in [5.41, 5.74) is 2.53. The number of carbonyl (C=O) groups excluding carboxylic acids is 1. The molecule has 1 unspecified atom stereocenters. The second kappa shape index (κ2) is 4.70. The van der Waals surface area contributed by atoms with Gasteiger partial charge in [0.05, 0.1) is 35.5 Å². The Morgan fingerprint density at radius 2 is 2.27 bits per heavy atom. The van der Waals surface area contributed by atoms with Crippen LogP contribution in [0.1, 0.15) is 6.42 Å². The summed E-state index contributed by atoms with van der Waals surface area (Å²) >= 11 is 0. The zero-order valence-electron chi connectivity index (χ0n) is 11.6. The van der Waals surface area contributed by atoms with E-state index in [0.29, 0.717) is 13.0 Å². The summed E-state index contributed by atoms with van der Waals surface area (Å²) in [4.78, 5) is 18.0. The molecule has 4 heterocycles. The number of rotatable bonds is 2. The van der Waals surface area contributed by atoms with Crippen molar-refractivity contribution in [3.63, 3.8) is 0 Å². The molecule has 1 aliphatic heterocycles. The van der Waals surface area contributed by atoms with Gasteiger partial charge in [0, 0.05) is 25.1 Å². The van der Waals surface area contributed by atoms with Crippen LogP contribution in [0.5, 0.6) is 0 Å². The van der Waals surface area contributed by atoms with Gasteiger partial charge in [0.1, 0.15) is 5.92 Å². The molecule has 0 aliphatic carbocycles. The maximum Gasteiger partial charge on any atom is 0.244 e. The van der Waals surface area contributed by atoms with Crippen molar-refractivity contribution in [2.24, 2.45) is 5.92 Å². The van der Waals surface area contributed by atoms with Gasteiger partial charge >= 0.3 is 0 Å². The molecule has 1 saturated heterocycles. The molecule has 1 fully saturated rings. The minimum absolute atomic E-state index is 0.138. The number of amides is 1. The fourth-order valence-corrected chi connectivity index (χ4v) is 2.81. The highest BCUT2D eigenvalue weighted by molar-refractivity contribution is 6.02. The highest BCUT2D eigenvalue weighted by Crippen LogP contribution is 2.29. The molecule has 1 aliphatic rings. The standard InChI is InChI=1S/C15H12N6O/c16-8-11-2-5-20(15(11)22)13-1-3-18-21-9-12(7-14(13)21)19-6-4-17-10-19/h1,3-4,6-7,9-11H,2,5H2. The van der Waals surface area contributed by atoms with E-state index in [1.807, 2.05) is 29.1 Å². The Bertz CT molecular complexity index is 889. The van der Waals surface area contributed by atoms with Gasteiger partial charge in [-0.05, 0) is 18.6 Å². The zero-order chi connectivity index (χ0) is 15.1. The second-order valence-electron chi connectivity index (χ2n) is 5.17. The highest BCUT2D eigenvalue weighted by atomic mass is 16.2. The van der Waals surface area contributed by atoms with Crippen molar-refractivity contribution in [2.75, 3.05) is 11.4 Å². The lowest BCUT2D eigenvalue weighted by molar-refractivity contribution is -0.118. The number of aromatic nitrogens is 4. The van der Waals surface area contributed by atoms with Crippen molar-refractivity contribution in [3.8, 4) is 11.8 Å². The first-order valence-electron chi connectivity index (χ1n) is 6.94. The van der Waals surface area contributed by atoms with Gasteiger partial charge in [-0.2, -0.15) is 10.4 Å². The zero-order valence-corrected chi connectivity index (χ0v) is 11.6. The highest BCUT2D eigenvalue weighted by Gasteiger charge is 2.33. The summed E-state index contributed by atoms with van der Waals surface area (Å²) < 4.78 is 3.61. The molecule has 3 aromatic heterocycles. The molecule has 1 atom stereocenters. The molecular formula is C15H12N6O. The van der Waals surface area contributed by atoms with Crippen LogP contribution in [0, 0.1) is 17.2 Å². The van der Waals surface area contributed by atoms with Crippen molar-refractivity contribution in [1.29, 1.82) is 5.26 Å². The monoisotopic (exact) mass is 292 g/mol. The van der Waals surface area contributed by atoms with Crippen LogP contribution >= 0.6 is 0 Å². The third kappa shape index (κ3) is 1.78. The molecule has 0 spiro atoms. The van der Waals surface area contributed by atoms with E-state index in [1.54, 1.807) is 28.1 Å². The third-order valence-corrected chi connectivity index (χ3v) is 3.93. The van der Waals surface area contributed by atoms with Crippen molar-refractivity contribution >= 4 is 17.1 Å². The van der Waals surface area contributed by atoms with Gasteiger partial charge in [-0.25, -0.2) is 9.50 Å². The number of imidazole rings is 1. The largest absolute Gasteiger partial charge is 0.309 e. The van der Waals surface area contributed by atoms with Gasteiger partial charge in [0.2, 0.25) is 5.91 Å². The number of hydrogen-bond acceptors (Lipinski definition) is 4. The number of hydrogen-bond donors (Lipinski definition) is 0. The van der Waals surface area contributed by atoms with E-state index < -0.39 is 5.92 Å². The van der Waals surface area contributed by atoms with Gasteiger partial charge < -0.3 is 9.47 Å². The Balaban J connectivity index is 1.82. The molecular weight excluding hydrogens is 280 g/mol. The first kappa shape index (κ1) is 12.6. The molecule has 0 aromatic carbocycles. The van der Waals surface area contributed by atoms with Crippen LogP contribution in [-0.2, 0) is 4.79 Å². The van der Waals surface area contributed by atoms with Gasteiger partial charge in [0.15, 0.2) is 0 Å². The Morgan fingerprint density at radius 1 is 1.36 bits per heavy atom. The molecule has 0 bridgehead atoms. The van der Waals surface area contributed by atoms with Crippen LogP contribution in [0.4, 0.5) is 5.69 Å². The van der Waals surface area contributed by atoms with Crippen molar-refractivity contribution < 1.29 is 4.79 Å². The predicted octanol–water partition coefficient (Wildman–Crippen LogP) is 1.40. The van der Waals surface area contributed by atoms with E-state index in [0.717, 1.165) is 16.9 Å². The fourth-order valence-electron chi connectivity index (χ4n) is 2.81. The van der Waals surface area contributed by atoms with Crippen LogP contribution in [-0.4, -0.2) is 31.6 Å². The van der Waals surface area contributed by atoms with Crippen molar-refractivity contribution in [1.82, 2.24) is 19.2 Å². The number of fused-ring (bicyclic) bond motifs is 1. The number of carbonyl (C=O) groups is 1. The van der Waals surface area contributed by atoms with E-state index >= 15 is 0 Å². The van der Waals surface area contributed by atoms with E-state index in [-0.39, 0.29) is 5.91 Å². The lowest BCUT2D eigenvalue weighted by Crippen LogP contribution is -2.27. The maximum absolute atomic E-state index is 12.3. The molecule has 7 heteroatoms. The third-order valence-electron chi connectivity index (χ3n) is 3.93. The molecule has 22 heavy (non-hydrogen) atoms. The summed E-state index contributed by atoms with van der Waals surface area (Å²) in [6.45, 7) is 0.558. The summed E-state index contributed by atoms with van der Waals surface area (Å²) in [6.07, 6.45) is 9.37. The lowest BCUT2D eigenvalue weighted by atomic mass is 10.1. The molecule has 0 radical (unpaired) electrons. The summed E-state index contributed by atoms with van der Waals surface area (Å²) in [7, 11) is 0. The maximum atomic E-state index is 12.3. The first-order valence-corrected chi connectivity index (χ1v) is 6.94. The summed E-state index contributed by atoms with van der Waals surface area (Å²) in [5, 5.41) is 13.3. The van der Waals surface area contributed by atoms with Gasteiger partial charge in [0.25, 0.3) is 0 Å². The Labute approximate surface area is 126 Å². The van der Waals surface area contributed by atoms with E-state index in [4.69, 9.17) is 5.26 Å². The van der Waals surface area contributed by atoms with Gasteiger partial charge in [-0.3, -0.25) is 4.79 Å². The fraction of sp³-hybridized carbons (Fsp3) is 0.200. The lowest BCUT2D eigenvalue weighted by Gasteiger charge is -2.16. The van der Waals surface area contributed by atoms with Gasteiger partial charge in [-0.1, -0.05) is 0 Å². The smallest absolute Gasteiger partial charge is 0.244 e. The summed E-state index contributed by atoms with van der Waals surface area (Å²) in [5.74, 6) is -0.683. The van der Waals surface area contributed by atoms with E-state index in [1.165, 1.54) is 0 Å². The Hall–Kier alpha value is -3.14. The van der Waals surface area contributed by atoms with Crippen LogP contribution < -0.4 is 4.90 Å². The van der Waals surface area contributed by atoms with E-state index in [2.05, 4.69) is 16.2 Å². The number of anilines is 1. The minimum atomic E-state index is -0.545. The topological polar surface area (TPSA) is 79.2 Å². The van der Waals surface area contributed by atoms with Crippen molar-refractivity contribution in [3.05, 3.63) is 43.2 Å². The molecule has 108 valence electrons. The average Bonchev–Trinajstić information content (AvgIpc) is 3.25. The van der Waals surface area contributed by atoms with Crippen LogP contribution in [0.15, 0.2) is 43.2 Å². The molecule has 0 saturated carbocycles. The normalized spacial score (nSPS) is 18.0. The number of nitriles is 1. The summed E-state index contributed by atoms with van der Waals surface area (Å²) in [6, 6.07) is 5.83. The number of nitrogens with zero attached hydrogens (tertiary/aromatic N) is 6. The van der Waals surface area contributed by atoms with E-state index in [9.17, 15) is 4.79 Å². The molecule has 0 N–H and O–H groups in total. The van der Waals surface area contributed by atoms with Crippen LogP contribution in [0.25, 0.3) is 11.2 Å². The van der Waals surface area contributed by atoms with Gasteiger partial charge in [-0.15, -0.1) is 0 Å². The van der Waals surface area contributed by atoms with Crippen LogP contribution in [0.3, 0.4) is 0 Å². The molecule has 7 nitrogen and oxygen atoms in total. The Kier molecular flexibility index (Phi) is 2.69. The average molecular weight is 292 g/mol.